The summed E-state index contributed by atoms with van der Waals surface area (Å²) < 4.78 is 19.0. The third kappa shape index (κ3) is 5.46. The number of rotatable bonds is 11. The van der Waals surface area contributed by atoms with Gasteiger partial charge in [0.25, 0.3) is 5.56 Å². The van der Waals surface area contributed by atoms with E-state index in [0.29, 0.717) is 42.6 Å². The lowest BCUT2D eigenvalue weighted by Crippen LogP contribution is -2.33. The number of nitrogens with zero attached hydrogens (tertiary/aromatic N) is 3. The second kappa shape index (κ2) is 11.8. The zero-order chi connectivity index (χ0) is 25.5. The normalized spacial score (nSPS) is 14.9. The highest BCUT2D eigenvalue weighted by Crippen LogP contribution is 2.42. The van der Waals surface area contributed by atoms with Crippen molar-refractivity contribution in [2.45, 2.75) is 53.5 Å². The van der Waals surface area contributed by atoms with E-state index in [1.807, 2.05) is 39.0 Å². The molecule has 0 saturated heterocycles. The number of pyridine rings is 1. The summed E-state index contributed by atoms with van der Waals surface area (Å²) >= 11 is 0. The monoisotopic (exact) mass is 480 g/mol. The molecular weight excluding hydrogens is 444 g/mol. The van der Waals surface area contributed by atoms with Gasteiger partial charge in [0.05, 0.1) is 24.7 Å². The summed E-state index contributed by atoms with van der Waals surface area (Å²) in [7, 11) is 0. The zero-order valence-electron chi connectivity index (χ0n) is 21.4. The number of hydrogen-bond acceptors (Lipinski definition) is 7. The molecular formula is C27H36N4O4. The first-order chi connectivity index (χ1) is 16.9. The Kier molecular flexibility index (Phi) is 8.83. The number of nitrogens with two attached hydrogens (primary N) is 1. The molecule has 8 heteroatoms. The molecule has 188 valence electrons. The lowest BCUT2D eigenvalue weighted by Gasteiger charge is -2.28. The lowest BCUT2D eigenvalue weighted by atomic mass is 9.84. The summed E-state index contributed by atoms with van der Waals surface area (Å²) in [6, 6.07) is 9.48. The summed E-state index contributed by atoms with van der Waals surface area (Å²) in [6.07, 6.45) is 0.841. The number of nitriles is 1. The van der Waals surface area contributed by atoms with Gasteiger partial charge in [-0.3, -0.25) is 4.79 Å². The van der Waals surface area contributed by atoms with E-state index in [0.717, 1.165) is 37.3 Å². The molecule has 0 aliphatic carbocycles. The van der Waals surface area contributed by atoms with E-state index in [-0.39, 0.29) is 17.0 Å². The fourth-order valence-electron chi connectivity index (χ4n) is 4.54. The molecule has 35 heavy (non-hydrogen) atoms. The van der Waals surface area contributed by atoms with Crippen LogP contribution < -0.4 is 25.5 Å². The van der Waals surface area contributed by atoms with E-state index in [1.165, 1.54) is 0 Å². The van der Waals surface area contributed by atoms with Gasteiger partial charge < -0.3 is 29.4 Å². The van der Waals surface area contributed by atoms with Gasteiger partial charge >= 0.3 is 0 Å². The van der Waals surface area contributed by atoms with Crippen LogP contribution in [0.1, 0.15) is 56.9 Å². The van der Waals surface area contributed by atoms with Crippen molar-refractivity contribution in [3.8, 4) is 23.3 Å². The minimum Gasteiger partial charge on any atom is -0.490 e. The van der Waals surface area contributed by atoms with Crippen molar-refractivity contribution in [3.63, 3.8) is 0 Å². The maximum absolute atomic E-state index is 13.8. The van der Waals surface area contributed by atoms with E-state index in [9.17, 15) is 10.1 Å². The third-order valence-electron chi connectivity index (χ3n) is 6.34. The number of ether oxygens (including phenoxy) is 3. The van der Waals surface area contributed by atoms with Crippen molar-refractivity contribution in [1.82, 2.24) is 9.47 Å². The van der Waals surface area contributed by atoms with Crippen LogP contribution in [-0.2, 0) is 6.54 Å². The van der Waals surface area contributed by atoms with Crippen LogP contribution in [0.5, 0.6) is 17.2 Å². The minimum absolute atomic E-state index is 0.00919. The first-order valence-corrected chi connectivity index (χ1v) is 12.3. The molecule has 1 aromatic carbocycles. The largest absolute Gasteiger partial charge is 0.490 e. The van der Waals surface area contributed by atoms with Crippen molar-refractivity contribution >= 4 is 0 Å². The molecule has 2 aromatic rings. The quantitative estimate of drug-likeness (QED) is 0.520. The predicted molar refractivity (Wildman–Crippen MR) is 136 cm³/mol. The molecule has 3 rings (SSSR count). The number of hydrogen-bond donors (Lipinski definition) is 1. The van der Waals surface area contributed by atoms with Gasteiger partial charge in [-0.2, -0.15) is 5.26 Å². The summed E-state index contributed by atoms with van der Waals surface area (Å²) in [4.78, 5) is 16.2. The van der Waals surface area contributed by atoms with Gasteiger partial charge in [0, 0.05) is 18.3 Å². The molecule has 1 atom stereocenters. The predicted octanol–water partition coefficient (Wildman–Crippen LogP) is 3.90. The number of allylic oxidation sites excluding steroid dienone is 1. The Bertz CT molecular complexity index is 1170. The van der Waals surface area contributed by atoms with Crippen molar-refractivity contribution in [3.05, 3.63) is 62.9 Å². The van der Waals surface area contributed by atoms with Crippen LogP contribution in [0.15, 0.2) is 40.5 Å². The maximum atomic E-state index is 13.8. The van der Waals surface area contributed by atoms with E-state index in [4.69, 9.17) is 19.9 Å². The molecule has 2 heterocycles. The summed E-state index contributed by atoms with van der Waals surface area (Å²) in [5, 5.41) is 9.96. The second-order valence-electron chi connectivity index (χ2n) is 8.40. The number of aromatic nitrogens is 1. The van der Waals surface area contributed by atoms with Crippen LogP contribution in [0, 0.1) is 18.3 Å². The molecule has 1 aromatic heterocycles. The van der Waals surface area contributed by atoms with Crippen LogP contribution in [0.2, 0.25) is 0 Å². The topological polar surface area (TPSA) is 103 Å². The van der Waals surface area contributed by atoms with Crippen molar-refractivity contribution in [1.29, 1.82) is 5.26 Å². The standard InChI is InChI=1S/C27H36N4O4/c1-6-30(7-2)13-10-14-31-18(5)15-23-25(27(31)32)24(20(17-28)26(29)35-23)19-11-12-21(33-8-3)22(16-19)34-9-4/h11-12,15-16,24H,6-10,13-14,29H2,1-5H3. The minimum atomic E-state index is -0.666. The average molecular weight is 481 g/mol. The van der Waals surface area contributed by atoms with E-state index in [2.05, 4.69) is 24.8 Å². The molecule has 0 radical (unpaired) electrons. The Balaban J connectivity index is 2.11. The first-order valence-electron chi connectivity index (χ1n) is 12.3. The molecule has 1 aliphatic heterocycles. The Hall–Kier alpha value is -3.44. The Morgan fingerprint density at radius 1 is 1.11 bits per heavy atom. The van der Waals surface area contributed by atoms with Gasteiger partial charge in [-0.1, -0.05) is 19.9 Å². The first kappa shape index (κ1) is 26.2. The van der Waals surface area contributed by atoms with Crippen LogP contribution in [0.4, 0.5) is 0 Å². The lowest BCUT2D eigenvalue weighted by molar-refractivity contribution is 0.287. The van der Waals surface area contributed by atoms with Gasteiger partial charge in [0.15, 0.2) is 11.5 Å². The van der Waals surface area contributed by atoms with E-state index in [1.54, 1.807) is 10.6 Å². The molecule has 0 amide bonds. The van der Waals surface area contributed by atoms with Gasteiger partial charge in [0.1, 0.15) is 17.4 Å². The highest BCUT2D eigenvalue weighted by molar-refractivity contribution is 5.57. The van der Waals surface area contributed by atoms with Gasteiger partial charge in [-0.15, -0.1) is 0 Å². The molecule has 8 nitrogen and oxygen atoms in total. The summed E-state index contributed by atoms with van der Waals surface area (Å²) in [5.74, 6) is 0.900. The molecule has 0 saturated carbocycles. The Morgan fingerprint density at radius 3 is 2.43 bits per heavy atom. The number of fused-ring (bicyclic) bond motifs is 1. The van der Waals surface area contributed by atoms with Gasteiger partial charge in [-0.05, 0) is 64.5 Å². The molecule has 1 unspecified atom stereocenters. The van der Waals surface area contributed by atoms with Gasteiger partial charge in [-0.25, -0.2) is 0 Å². The average Bonchev–Trinajstić information content (AvgIpc) is 2.84. The molecule has 0 bridgehead atoms. The van der Waals surface area contributed by atoms with Gasteiger partial charge in [0.2, 0.25) is 5.88 Å². The third-order valence-corrected chi connectivity index (χ3v) is 6.34. The van der Waals surface area contributed by atoms with Crippen molar-refractivity contribution in [2.24, 2.45) is 5.73 Å². The van der Waals surface area contributed by atoms with Crippen LogP contribution in [0.3, 0.4) is 0 Å². The second-order valence-corrected chi connectivity index (χ2v) is 8.40. The Morgan fingerprint density at radius 2 is 1.80 bits per heavy atom. The smallest absolute Gasteiger partial charge is 0.258 e. The van der Waals surface area contributed by atoms with E-state index < -0.39 is 5.92 Å². The van der Waals surface area contributed by atoms with Crippen LogP contribution in [0.25, 0.3) is 0 Å². The zero-order valence-corrected chi connectivity index (χ0v) is 21.4. The summed E-state index contributed by atoms with van der Waals surface area (Å²) in [6.45, 7) is 14.3. The van der Waals surface area contributed by atoms with Crippen molar-refractivity contribution in [2.75, 3.05) is 32.8 Å². The molecule has 2 N–H and O–H groups in total. The highest BCUT2D eigenvalue weighted by atomic mass is 16.5. The summed E-state index contributed by atoms with van der Waals surface area (Å²) in [5.41, 5.74) is 8.12. The van der Waals surface area contributed by atoms with Crippen LogP contribution >= 0.6 is 0 Å². The molecule has 0 spiro atoms. The number of aryl methyl sites for hydroxylation is 1. The molecule has 1 aliphatic rings. The number of benzene rings is 1. The molecule has 0 fully saturated rings. The van der Waals surface area contributed by atoms with Crippen molar-refractivity contribution < 1.29 is 14.2 Å². The Labute approximate surface area is 207 Å². The van der Waals surface area contributed by atoms with E-state index >= 15 is 0 Å². The fraction of sp³-hybridized carbons (Fsp3) is 0.481. The highest BCUT2D eigenvalue weighted by Gasteiger charge is 2.35. The maximum Gasteiger partial charge on any atom is 0.258 e. The van der Waals surface area contributed by atoms with Crippen LogP contribution in [-0.4, -0.2) is 42.3 Å². The SMILES string of the molecule is CCOc1ccc(C2C(C#N)=C(N)Oc3cc(C)n(CCCN(CC)CC)c(=O)c32)cc1OCC. The fourth-order valence-corrected chi connectivity index (χ4v) is 4.54.